The minimum absolute atomic E-state index is 0.00767. The van der Waals surface area contributed by atoms with Crippen LogP contribution < -0.4 is 5.73 Å². The highest BCUT2D eigenvalue weighted by Crippen LogP contribution is 2.38. The monoisotopic (exact) mass is 371 g/mol. The molecule has 0 atom stereocenters. The van der Waals surface area contributed by atoms with Crippen LogP contribution in [0.25, 0.3) is 0 Å². The SMILES string of the molecule is Cc1ccc(CC(=O)N2CCN(C(=O)CC3(CN)CCCCC3)CC2)cc1. The molecule has 1 aliphatic heterocycles. The Hall–Kier alpha value is -1.88. The molecule has 2 fully saturated rings. The summed E-state index contributed by atoms with van der Waals surface area (Å²) in [6.45, 7) is 5.19. The van der Waals surface area contributed by atoms with E-state index in [1.54, 1.807) is 0 Å². The summed E-state index contributed by atoms with van der Waals surface area (Å²) < 4.78 is 0. The molecule has 0 spiro atoms. The lowest BCUT2D eigenvalue weighted by Gasteiger charge is -2.39. The largest absolute Gasteiger partial charge is 0.339 e. The number of nitrogens with zero attached hydrogens (tertiary/aromatic N) is 2. The van der Waals surface area contributed by atoms with Gasteiger partial charge < -0.3 is 15.5 Å². The van der Waals surface area contributed by atoms with E-state index >= 15 is 0 Å². The Kier molecular flexibility index (Phi) is 6.53. The van der Waals surface area contributed by atoms with Crippen LogP contribution in [0.5, 0.6) is 0 Å². The number of rotatable bonds is 5. The smallest absolute Gasteiger partial charge is 0.227 e. The fourth-order valence-electron chi connectivity index (χ4n) is 4.39. The number of amides is 2. The molecular weight excluding hydrogens is 338 g/mol. The quantitative estimate of drug-likeness (QED) is 0.865. The number of piperazine rings is 1. The second-order valence-electron chi connectivity index (χ2n) is 8.37. The van der Waals surface area contributed by atoms with Crippen LogP contribution in [0.3, 0.4) is 0 Å². The molecule has 5 heteroatoms. The molecular formula is C22H33N3O2. The third-order valence-electron chi connectivity index (χ3n) is 6.33. The van der Waals surface area contributed by atoms with Gasteiger partial charge in [0.2, 0.25) is 11.8 Å². The summed E-state index contributed by atoms with van der Waals surface area (Å²) in [6, 6.07) is 8.11. The standard InChI is InChI=1S/C22H33N3O2/c1-18-5-7-19(8-6-18)15-20(26)24-11-13-25(14-12-24)21(27)16-22(17-23)9-3-2-4-10-22/h5-8H,2-4,9-17,23H2,1H3. The van der Waals surface area contributed by atoms with Crippen LogP contribution in [0.4, 0.5) is 0 Å². The van der Waals surface area contributed by atoms with Gasteiger partial charge in [-0.25, -0.2) is 0 Å². The van der Waals surface area contributed by atoms with Crippen molar-refractivity contribution in [2.24, 2.45) is 11.1 Å². The first kappa shape index (κ1) is 19.9. The second kappa shape index (κ2) is 8.87. The number of nitrogens with two attached hydrogens (primary N) is 1. The van der Waals surface area contributed by atoms with Crippen molar-refractivity contribution in [2.45, 2.75) is 51.9 Å². The number of hydrogen-bond acceptors (Lipinski definition) is 3. The first-order valence-corrected chi connectivity index (χ1v) is 10.3. The first-order valence-electron chi connectivity index (χ1n) is 10.3. The summed E-state index contributed by atoms with van der Waals surface area (Å²) in [6.07, 6.45) is 6.79. The van der Waals surface area contributed by atoms with Gasteiger partial charge in [0.05, 0.1) is 6.42 Å². The Labute approximate surface area is 162 Å². The third kappa shape index (κ3) is 5.10. The molecule has 3 rings (SSSR count). The topological polar surface area (TPSA) is 66.6 Å². The van der Waals surface area contributed by atoms with Gasteiger partial charge in [-0.1, -0.05) is 49.1 Å². The van der Waals surface area contributed by atoms with E-state index in [-0.39, 0.29) is 17.2 Å². The molecule has 1 aromatic rings. The zero-order valence-electron chi connectivity index (χ0n) is 16.6. The molecule has 1 aromatic carbocycles. The number of carbonyl (C=O) groups is 2. The number of aryl methyl sites for hydroxylation is 1. The van der Waals surface area contributed by atoms with Gasteiger partial charge in [0.1, 0.15) is 0 Å². The van der Waals surface area contributed by atoms with Gasteiger partial charge in [-0.15, -0.1) is 0 Å². The van der Waals surface area contributed by atoms with Crippen LogP contribution >= 0.6 is 0 Å². The zero-order valence-corrected chi connectivity index (χ0v) is 16.6. The van der Waals surface area contributed by atoms with Crippen molar-refractivity contribution in [3.63, 3.8) is 0 Å². The Balaban J connectivity index is 1.48. The molecule has 0 bridgehead atoms. The fraction of sp³-hybridized carbons (Fsp3) is 0.636. The van der Waals surface area contributed by atoms with Crippen molar-refractivity contribution in [1.82, 2.24) is 9.80 Å². The summed E-state index contributed by atoms with van der Waals surface area (Å²) in [7, 11) is 0. The van der Waals surface area contributed by atoms with E-state index in [2.05, 4.69) is 0 Å². The molecule has 0 aromatic heterocycles. The fourth-order valence-corrected chi connectivity index (χ4v) is 4.39. The summed E-state index contributed by atoms with van der Waals surface area (Å²) in [5, 5.41) is 0. The predicted molar refractivity (Wildman–Crippen MR) is 107 cm³/mol. The van der Waals surface area contributed by atoms with Crippen LogP contribution in [0.2, 0.25) is 0 Å². The predicted octanol–water partition coefficient (Wildman–Crippen LogP) is 2.51. The van der Waals surface area contributed by atoms with Crippen LogP contribution in [-0.2, 0) is 16.0 Å². The average Bonchev–Trinajstić information content (AvgIpc) is 2.70. The summed E-state index contributed by atoms with van der Waals surface area (Å²) >= 11 is 0. The molecule has 5 nitrogen and oxygen atoms in total. The number of carbonyl (C=O) groups excluding carboxylic acids is 2. The van der Waals surface area contributed by atoms with Gasteiger partial charge >= 0.3 is 0 Å². The van der Waals surface area contributed by atoms with Crippen molar-refractivity contribution >= 4 is 11.8 Å². The maximum Gasteiger partial charge on any atom is 0.227 e. The minimum atomic E-state index is 0.00767. The van der Waals surface area contributed by atoms with Crippen LogP contribution in [-0.4, -0.2) is 54.3 Å². The van der Waals surface area contributed by atoms with Crippen molar-refractivity contribution in [2.75, 3.05) is 32.7 Å². The van der Waals surface area contributed by atoms with E-state index in [4.69, 9.17) is 5.73 Å². The summed E-state index contributed by atoms with van der Waals surface area (Å²) in [5.41, 5.74) is 8.29. The number of benzene rings is 1. The first-order chi connectivity index (χ1) is 13.0. The van der Waals surface area contributed by atoms with Crippen LogP contribution in [0.15, 0.2) is 24.3 Å². The van der Waals surface area contributed by atoms with Gasteiger partial charge in [0.15, 0.2) is 0 Å². The van der Waals surface area contributed by atoms with E-state index in [0.29, 0.717) is 45.6 Å². The Morgan fingerprint density at radius 1 is 0.926 bits per heavy atom. The minimum Gasteiger partial charge on any atom is -0.339 e. The van der Waals surface area contributed by atoms with Crippen molar-refractivity contribution in [3.05, 3.63) is 35.4 Å². The highest BCUT2D eigenvalue weighted by molar-refractivity contribution is 5.80. The molecule has 148 valence electrons. The maximum atomic E-state index is 12.8. The average molecular weight is 372 g/mol. The lowest BCUT2D eigenvalue weighted by molar-refractivity contribution is -0.141. The lowest BCUT2D eigenvalue weighted by Crippen LogP contribution is -2.52. The Morgan fingerprint density at radius 2 is 1.48 bits per heavy atom. The van der Waals surface area contributed by atoms with E-state index in [1.165, 1.54) is 24.8 Å². The van der Waals surface area contributed by atoms with Gasteiger partial charge in [-0.3, -0.25) is 9.59 Å². The third-order valence-corrected chi connectivity index (χ3v) is 6.33. The van der Waals surface area contributed by atoms with Gasteiger partial charge in [0, 0.05) is 32.6 Å². The molecule has 27 heavy (non-hydrogen) atoms. The van der Waals surface area contributed by atoms with Gasteiger partial charge in [-0.2, -0.15) is 0 Å². The van der Waals surface area contributed by atoms with E-state index in [0.717, 1.165) is 18.4 Å². The van der Waals surface area contributed by atoms with E-state index in [1.807, 2.05) is 41.0 Å². The molecule has 2 aliphatic rings. The Morgan fingerprint density at radius 3 is 2.04 bits per heavy atom. The zero-order chi connectivity index (χ0) is 19.3. The lowest BCUT2D eigenvalue weighted by atomic mass is 9.71. The number of hydrogen-bond donors (Lipinski definition) is 1. The molecule has 1 saturated carbocycles. The highest BCUT2D eigenvalue weighted by atomic mass is 16.2. The molecule has 1 aliphatic carbocycles. The summed E-state index contributed by atoms with van der Waals surface area (Å²) in [5.74, 6) is 0.365. The summed E-state index contributed by atoms with van der Waals surface area (Å²) in [4.78, 5) is 29.2. The van der Waals surface area contributed by atoms with Crippen LogP contribution in [0, 0.1) is 12.3 Å². The highest BCUT2D eigenvalue weighted by Gasteiger charge is 2.35. The van der Waals surface area contributed by atoms with Gasteiger partial charge in [0.25, 0.3) is 0 Å². The van der Waals surface area contributed by atoms with E-state index < -0.39 is 0 Å². The van der Waals surface area contributed by atoms with Gasteiger partial charge in [-0.05, 0) is 37.3 Å². The second-order valence-corrected chi connectivity index (χ2v) is 8.37. The Bertz CT molecular complexity index is 642. The normalized spacial score (nSPS) is 19.8. The van der Waals surface area contributed by atoms with Crippen molar-refractivity contribution < 1.29 is 9.59 Å². The maximum absolute atomic E-state index is 12.8. The molecule has 1 saturated heterocycles. The molecule has 0 radical (unpaired) electrons. The van der Waals surface area contributed by atoms with Crippen molar-refractivity contribution in [1.29, 1.82) is 0 Å². The molecule has 1 heterocycles. The van der Waals surface area contributed by atoms with Crippen LogP contribution in [0.1, 0.15) is 49.7 Å². The molecule has 2 N–H and O–H groups in total. The molecule has 2 amide bonds. The molecule has 0 unspecified atom stereocenters. The van der Waals surface area contributed by atoms with E-state index in [9.17, 15) is 9.59 Å². The van der Waals surface area contributed by atoms with Crippen molar-refractivity contribution in [3.8, 4) is 0 Å².